The third-order valence-corrected chi connectivity index (χ3v) is 2.14. The molecule has 0 aliphatic carbocycles. The van der Waals surface area contributed by atoms with Crippen LogP contribution in [0.1, 0.15) is 20.3 Å². The molecule has 1 heterocycles. The molecule has 0 amide bonds. The number of nitrogens with zero attached hydrogens (tertiary/aromatic N) is 1. The molecule has 4 heteroatoms. The van der Waals surface area contributed by atoms with E-state index in [9.17, 15) is 9.59 Å². The van der Waals surface area contributed by atoms with Crippen molar-refractivity contribution in [1.82, 2.24) is 4.90 Å². The average molecular weight is 197 g/mol. The first kappa shape index (κ1) is 10.8. The molecule has 0 fully saturated rings. The molecule has 1 aliphatic rings. The summed E-state index contributed by atoms with van der Waals surface area (Å²) in [7, 11) is 0. The summed E-state index contributed by atoms with van der Waals surface area (Å²) in [5, 5.41) is 0. The quantitative estimate of drug-likeness (QED) is 0.494. The highest BCUT2D eigenvalue weighted by Crippen LogP contribution is 2.12. The van der Waals surface area contributed by atoms with Crippen LogP contribution in [0.25, 0.3) is 0 Å². The smallest absolute Gasteiger partial charge is 0.343 e. The second-order valence-corrected chi connectivity index (χ2v) is 3.07. The van der Waals surface area contributed by atoms with E-state index in [1.807, 2.05) is 11.8 Å². The number of carbonyl (C=O) groups excluding carboxylic acids is 2. The van der Waals surface area contributed by atoms with E-state index < -0.39 is 5.97 Å². The van der Waals surface area contributed by atoms with E-state index >= 15 is 0 Å². The summed E-state index contributed by atoms with van der Waals surface area (Å²) < 4.78 is 4.79. The normalized spacial score (nSPS) is 16.6. The molecule has 0 radical (unpaired) electrons. The van der Waals surface area contributed by atoms with Gasteiger partial charge in [0.1, 0.15) is 5.57 Å². The fourth-order valence-corrected chi connectivity index (χ4v) is 1.32. The van der Waals surface area contributed by atoms with Crippen LogP contribution in [0.5, 0.6) is 0 Å². The van der Waals surface area contributed by atoms with Gasteiger partial charge in [-0.15, -0.1) is 0 Å². The molecule has 0 unspecified atom stereocenters. The van der Waals surface area contributed by atoms with Gasteiger partial charge in [0.05, 0.1) is 6.61 Å². The van der Waals surface area contributed by atoms with Gasteiger partial charge in [-0.1, -0.05) is 0 Å². The molecule has 78 valence electrons. The highest BCUT2D eigenvalue weighted by atomic mass is 16.5. The predicted molar refractivity (Wildman–Crippen MR) is 51.6 cm³/mol. The molecule has 0 N–H and O–H groups in total. The molecule has 1 rings (SSSR count). The molecule has 0 aromatic heterocycles. The van der Waals surface area contributed by atoms with Crippen LogP contribution in [-0.2, 0) is 14.3 Å². The lowest BCUT2D eigenvalue weighted by atomic mass is 10.1. The van der Waals surface area contributed by atoms with Gasteiger partial charge in [-0.25, -0.2) is 4.79 Å². The highest BCUT2D eigenvalue weighted by molar-refractivity contribution is 6.17. The second kappa shape index (κ2) is 4.79. The Morgan fingerprint density at radius 3 is 2.86 bits per heavy atom. The Balaban J connectivity index is 2.76. The summed E-state index contributed by atoms with van der Waals surface area (Å²) >= 11 is 0. The zero-order valence-corrected chi connectivity index (χ0v) is 8.58. The standard InChI is InChI=1S/C10H15NO3/c1-3-11-6-5-9(12)8(7-11)10(13)14-4-2/h7H,3-6H2,1-2H3. The Labute approximate surface area is 83.5 Å². The minimum atomic E-state index is -0.504. The van der Waals surface area contributed by atoms with E-state index in [-0.39, 0.29) is 11.4 Å². The van der Waals surface area contributed by atoms with E-state index in [4.69, 9.17) is 4.74 Å². The van der Waals surface area contributed by atoms with Gasteiger partial charge >= 0.3 is 5.97 Å². The maximum Gasteiger partial charge on any atom is 0.343 e. The Bertz CT molecular complexity index is 271. The van der Waals surface area contributed by atoms with Crippen molar-refractivity contribution < 1.29 is 14.3 Å². The van der Waals surface area contributed by atoms with Crippen LogP contribution in [0.4, 0.5) is 0 Å². The Morgan fingerprint density at radius 1 is 1.57 bits per heavy atom. The van der Waals surface area contributed by atoms with E-state index in [0.717, 1.165) is 6.54 Å². The highest BCUT2D eigenvalue weighted by Gasteiger charge is 2.24. The molecule has 14 heavy (non-hydrogen) atoms. The van der Waals surface area contributed by atoms with Crippen LogP contribution >= 0.6 is 0 Å². The topological polar surface area (TPSA) is 46.6 Å². The third-order valence-electron chi connectivity index (χ3n) is 2.14. The van der Waals surface area contributed by atoms with Gasteiger partial charge in [0.25, 0.3) is 0 Å². The first-order valence-corrected chi connectivity index (χ1v) is 4.85. The first-order chi connectivity index (χ1) is 6.69. The van der Waals surface area contributed by atoms with Crippen LogP contribution in [0, 0.1) is 0 Å². The zero-order valence-electron chi connectivity index (χ0n) is 8.58. The van der Waals surface area contributed by atoms with Crippen molar-refractivity contribution in [2.24, 2.45) is 0 Å². The predicted octanol–water partition coefficient (Wildman–Crippen LogP) is 0.728. The molecule has 0 atom stereocenters. The summed E-state index contributed by atoms with van der Waals surface area (Å²) in [6.07, 6.45) is 2.00. The molecule has 4 nitrogen and oxygen atoms in total. The molecular weight excluding hydrogens is 182 g/mol. The van der Waals surface area contributed by atoms with Crippen molar-refractivity contribution >= 4 is 11.8 Å². The summed E-state index contributed by atoms with van der Waals surface area (Å²) in [6.45, 7) is 5.50. The van der Waals surface area contributed by atoms with E-state index in [0.29, 0.717) is 19.6 Å². The van der Waals surface area contributed by atoms with E-state index in [1.54, 1.807) is 13.1 Å². The average Bonchev–Trinajstić information content (AvgIpc) is 2.19. The lowest BCUT2D eigenvalue weighted by Crippen LogP contribution is -2.30. The lowest BCUT2D eigenvalue weighted by molar-refractivity contribution is -0.140. The largest absolute Gasteiger partial charge is 0.462 e. The van der Waals surface area contributed by atoms with Crippen LogP contribution in [-0.4, -0.2) is 36.3 Å². The number of ketones is 1. The van der Waals surface area contributed by atoms with Gasteiger partial charge in [0.2, 0.25) is 0 Å². The molecule has 0 saturated carbocycles. The molecule has 0 spiro atoms. The van der Waals surface area contributed by atoms with Gasteiger partial charge in [0.15, 0.2) is 5.78 Å². The number of hydrogen-bond acceptors (Lipinski definition) is 4. The molecule has 0 aromatic carbocycles. The maximum absolute atomic E-state index is 11.4. The van der Waals surface area contributed by atoms with Crippen molar-refractivity contribution in [2.75, 3.05) is 19.7 Å². The van der Waals surface area contributed by atoms with Gasteiger partial charge in [-0.3, -0.25) is 4.79 Å². The summed E-state index contributed by atoms with van der Waals surface area (Å²) in [4.78, 5) is 24.6. The van der Waals surface area contributed by atoms with Crippen LogP contribution in [0.2, 0.25) is 0 Å². The first-order valence-electron chi connectivity index (χ1n) is 4.85. The van der Waals surface area contributed by atoms with E-state index in [2.05, 4.69) is 0 Å². The number of rotatable bonds is 3. The van der Waals surface area contributed by atoms with Crippen molar-refractivity contribution in [3.8, 4) is 0 Å². The van der Waals surface area contributed by atoms with Crippen molar-refractivity contribution in [1.29, 1.82) is 0 Å². The zero-order chi connectivity index (χ0) is 10.6. The lowest BCUT2D eigenvalue weighted by Gasteiger charge is -2.23. The number of hydrogen-bond donors (Lipinski definition) is 0. The third kappa shape index (κ3) is 2.34. The van der Waals surface area contributed by atoms with Gasteiger partial charge in [-0.05, 0) is 13.8 Å². The SMILES string of the molecule is CCOC(=O)C1=CN(CC)CCC1=O. The summed E-state index contributed by atoms with van der Waals surface area (Å²) in [5.74, 6) is -0.621. The second-order valence-electron chi connectivity index (χ2n) is 3.07. The monoisotopic (exact) mass is 197 g/mol. The number of esters is 1. The molecular formula is C10H15NO3. The molecule has 0 bridgehead atoms. The minimum absolute atomic E-state index is 0.117. The van der Waals surface area contributed by atoms with Gasteiger partial charge in [0, 0.05) is 25.7 Å². The van der Waals surface area contributed by atoms with Crippen molar-refractivity contribution in [3.05, 3.63) is 11.8 Å². The van der Waals surface area contributed by atoms with Gasteiger partial charge < -0.3 is 9.64 Å². The fourth-order valence-electron chi connectivity index (χ4n) is 1.32. The van der Waals surface area contributed by atoms with Crippen molar-refractivity contribution in [2.45, 2.75) is 20.3 Å². The Hall–Kier alpha value is -1.32. The van der Waals surface area contributed by atoms with Gasteiger partial charge in [-0.2, -0.15) is 0 Å². The van der Waals surface area contributed by atoms with Crippen LogP contribution < -0.4 is 0 Å². The minimum Gasteiger partial charge on any atom is -0.462 e. The summed E-state index contributed by atoms with van der Waals surface area (Å²) in [6, 6.07) is 0. The number of ether oxygens (including phenoxy) is 1. The van der Waals surface area contributed by atoms with E-state index in [1.165, 1.54) is 0 Å². The Kier molecular flexibility index (Phi) is 3.68. The molecule has 0 aromatic rings. The maximum atomic E-state index is 11.4. The Morgan fingerprint density at radius 2 is 2.29 bits per heavy atom. The number of carbonyl (C=O) groups is 2. The van der Waals surface area contributed by atoms with Crippen LogP contribution in [0.15, 0.2) is 11.8 Å². The fraction of sp³-hybridized carbons (Fsp3) is 0.600. The van der Waals surface area contributed by atoms with Crippen LogP contribution in [0.3, 0.4) is 0 Å². The summed E-state index contributed by atoms with van der Waals surface area (Å²) in [5.41, 5.74) is 0.181. The number of Topliss-reactive ketones (excluding diaryl/α,β-unsaturated/α-hetero) is 1. The molecule has 0 saturated heterocycles. The van der Waals surface area contributed by atoms with Crippen molar-refractivity contribution in [3.63, 3.8) is 0 Å². The molecule has 1 aliphatic heterocycles.